The van der Waals surface area contributed by atoms with Crippen LogP contribution in [0.2, 0.25) is 0 Å². The Balaban J connectivity index is 2.46. The molecule has 0 spiro atoms. The molecule has 5 heteroatoms. The highest BCUT2D eigenvalue weighted by atomic mass is 32.2. The minimum absolute atomic E-state index is 0.0194. The van der Waals surface area contributed by atoms with Crippen molar-refractivity contribution in [3.8, 4) is 0 Å². The highest BCUT2D eigenvalue weighted by Gasteiger charge is 2.32. The van der Waals surface area contributed by atoms with E-state index in [1.54, 1.807) is 23.6 Å². The molecule has 2 atom stereocenters. The SMILES string of the molecule is CSCC[C@@H](N)C(=O)N1CCCC(C)(O)C1. The Morgan fingerprint density at radius 1 is 1.69 bits per heavy atom. The number of likely N-dealkylation sites (tertiary alicyclic amines) is 1. The topological polar surface area (TPSA) is 66.6 Å². The zero-order valence-electron chi connectivity index (χ0n) is 10.1. The number of carbonyl (C=O) groups excluding carboxylic acids is 1. The first-order valence-corrected chi connectivity index (χ1v) is 7.11. The van der Waals surface area contributed by atoms with Crippen LogP contribution in [0, 0.1) is 0 Å². The fraction of sp³-hybridized carbons (Fsp3) is 0.909. The lowest BCUT2D eigenvalue weighted by Gasteiger charge is -2.37. The minimum Gasteiger partial charge on any atom is -0.388 e. The second-order valence-electron chi connectivity index (χ2n) is 4.75. The minimum atomic E-state index is -0.743. The second-order valence-corrected chi connectivity index (χ2v) is 5.73. The van der Waals surface area contributed by atoms with E-state index in [2.05, 4.69) is 0 Å². The van der Waals surface area contributed by atoms with Crippen LogP contribution in [-0.2, 0) is 4.79 Å². The average Bonchev–Trinajstić information content (AvgIpc) is 2.23. The van der Waals surface area contributed by atoms with Crippen LogP contribution >= 0.6 is 11.8 Å². The maximum atomic E-state index is 12.0. The molecule has 0 bridgehead atoms. The van der Waals surface area contributed by atoms with Gasteiger partial charge in [-0.2, -0.15) is 11.8 Å². The van der Waals surface area contributed by atoms with Gasteiger partial charge in [-0.25, -0.2) is 0 Å². The normalized spacial score (nSPS) is 27.9. The largest absolute Gasteiger partial charge is 0.388 e. The van der Waals surface area contributed by atoms with E-state index in [-0.39, 0.29) is 5.91 Å². The number of amides is 1. The summed E-state index contributed by atoms with van der Waals surface area (Å²) < 4.78 is 0. The van der Waals surface area contributed by atoms with Crippen LogP contribution in [0.25, 0.3) is 0 Å². The van der Waals surface area contributed by atoms with Gasteiger partial charge in [-0.1, -0.05) is 0 Å². The van der Waals surface area contributed by atoms with Crippen molar-refractivity contribution in [3.63, 3.8) is 0 Å². The summed E-state index contributed by atoms with van der Waals surface area (Å²) >= 11 is 1.69. The van der Waals surface area contributed by atoms with Crippen molar-refractivity contribution >= 4 is 17.7 Å². The summed E-state index contributed by atoms with van der Waals surface area (Å²) in [5.74, 6) is 0.881. The Morgan fingerprint density at radius 2 is 2.38 bits per heavy atom. The van der Waals surface area contributed by atoms with E-state index in [9.17, 15) is 9.90 Å². The molecule has 1 heterocycles. The lowest BCUT2D eigenvalue weighted by molar-refractivity contribution is -0.138. The molecule has 0 saturated carbocycles. The van der Waals surface area contributed by atoms with Crippen LogP contribution in [-0.4, -0.2) is 52.7 Å². The number of β-amino-alcohol motifs (C(OH)–C–C–N with tert-alkyl or cyclic N) is 1. The van der Waals surface area contributed by atoms with Gasteiger partial charge in [-0.05, 0) is 38.2 Å². The summed E-state index contributed by atoms with van der Waals surface area (Å²) in [4.78, 5) is 13.7. The first-order chi connectivity index (χ1) is 7.46. The summed E-state index contributed by atoms with van der Waals surface area (Å²) in [5, 5.41) is 9.91. The highest BCUT2D eigenvalue weighted by molar-refractivity contribution is 7.98. The van der Waals surface area contributed by atoms with Crippen molar-refractivity contribution < 1.29 is 9.90 Å². The standard InChI is InChI=1S/C11H22N2O2S/c1-11(15)5-3-6-13(8-11)10(14)9(12)4-7-16-2/h9,15H,3-8,12H2,1-2H3/t9-,11?/m1/s1. The van der Waals surface area contributed by atoms with E-state index in [0.29, 0.717) is 13.0 Å². The molecule has 1 rings (SSSR count). The van der Waals surface area contributed by atoms with Crippen molar-refractivity contribution in [2.75, 3.05) is 25.1 Å². The molecule has 94 valence electrons. The van der Waals surface area contributed by atoms with Crippen LogP contribution in [0.15, 0.2) is 0 Å². The zero-order valence-corrected chi connectivity index (χ0v) is 10.9. The lowest BCUT2D eigenvalue weighted by Crippen LogP contribution is -2.53. The molecule has 16 heavy (non-hydrogen) atoms. The Morgan fingerprint density at radius 3 is 2.94 bits per heavy atom. The van der Waals surface area contributed by atoms with Crippen LogP contribution in [0.1, 0.15) is 26.2 Å². The molecule has 1 amide bonds. The van der Waals surface area contributed by atoms with Gasteiger partial charge in [0.1, 0.15) is 0 Å². The molecule has 0 aromatic heterocycles. The molecule has 0 aromatic carbocycles. The smallest absolute Gasteiger partial charge is 0.239 e. The molecule has 3 N–H and O–H groups in total. The Bertz CT molecular complexity index is 246. The van der Waals surface area contributed by atoms with E-state index < -0.39 is 11.6 Å². The zero-order chi connectivity index (χ0) is 12.2. The number of thioether (sulfide) groups is 1. The van der Waals surface area contributed by atoms with Crippen molar-refractivity contribution in [1.82, 2.24) is 4.90 Å². The van der Waals surface area contributed by atoms with Crippen LogP contribution in [0.3, 0.4) is 0 Å². The molecule has 0 radical (unpaired) electrons. The predicted molar refractivity (Wildman–Crippen MR) is 67.4 cm³/mol. The molecule has 1 fully saturated rings. The fourth-order valence-electron chi connectivity index (χ4n) is 2.01. The third-order valence-electron chi connectivity index (χ3n) is 2.94. The predicted octanol–water partition coefficient (Wildman–Crippen LogP) is 0.440. The summed E-state index contributed by atoms with van der Waals surface area (Å²) in [7, 11) is 0. The Labute approximate surface area is 102 Å². The summed E-state index contributed by atoms with van der Waals surface area (Å²) in [5.41, 5.74) is 5.09. The number of hydrogen-bond donors (Lipinski definition) is 2. The van der Waals surface area contributed by atoms with E-state index in [1.165, 1.54) is 0 Å². The third kappa shape index (κ3) is 3.96. The molecule has 1 aliphatic heterocycles. The maximum Gasteiger partial charge on any atom is 0.239 e. The van der Waals surface area contributed by atoms with E-state index in [1.807, 2.05) is 6.26 Å². The fourth-order valence-corrected chi connectivity index (χ4v) is 2.50. The molecule has 0 aliphatic carbocycles. The van der Waals surface area contributed by atoms with Crippen LogP contribution < -0.4 is 5.73 Å². The van der Waals surface area contributed by atoms with E-state index in [0.717, 1.165) is 25.1 Å². The van der Waals surface area contributed by atoms with Crippen molar-refractivity contribution in [3.05, 3.63) is 0 Å². The first-order valence-electron chi connectivity index (χ1n) is 5.72. The first kappa shape index (κ1) is 13.8. The third-order valence-corrected chi connectivity index (χ3v) is 3.58. The molecule has 4 nitrogen and oxygen atoms in total. The van der Waals surface area contributed by atoms with Gasteiger partial charge in [-0.3, -0.25) is 4.79 Å². The van der Waals surface area contributed by atoms with Crippen molar-refractivity contribution in [2.24, 2.45) is 5.73 Å². The highest BCUT2D eigenvalue weighted by Crippen LogP contribution is 2.20. The number of nitrogens with two attached hydrogens (primary N) is 1. The quantitative estimate of drug-likeness (QED) is 0.755. The second kappa shape index (κ2) is 5.89. The van der Waals surface area contributed by atoms with Gasteiger partial charge in [0.05, 0.1) is 11.6 Å². The number of carbonyl (C=O) groups is 1. The monoisotopic (exact) mass is 246 g/mol. The van der Waals surface area contributed by atoms with Crippen molar-refractivity contribution in [1.29, 1.82) is 0 Å². The van der Waals surface area contributed by atoms with Crippen LogP contribution in [0.5, 0.6) is 0 Å². The van der Waals surface area contributed by atoms with Crippen LogP contribution in [0.4, 0.5) is 0 Å². The van der Waals surface area contributed by atoms with Gasteiger partial charge >= 0.3 is 0 Å². The van der Waals surface area contributed by atoms with E-state index in [4.69, 9.17) is 5.73 Å². The lowest BCUT2D eigenvalue weighted by atomic mass is 9.94. The molecule has 1 unspecified atom stereocenters. The average molecular weight is 246 g/mol. The summed E-state index contributed by atoms with van der Waals surface area (Å²) in [6.07, 6.45) is 4.33. The number of hydrogen-bond acceptors (Lipinski definition) is 4. The number of piperidine rings is 1. The number of rotatable bonds is 4. The maximum absolute atomic E-state index is 12.0. The van der Waals surface area contributed by atoms with Gasteiger partial charge in [0, 0.05) is 13.1 Å². The molecule has 1 aliphatic rings. The number of aliphatic hydroxyl groups is 1. The molecular weight excluding hydrogens is 224 g/mol. The molecule has 1 saturated heterocycles. The summed E-state index contributed by atoms with van der Waals surface area (Å²) in [6.45, 7) is 2.92. The van der Waals surface area contributed by atoms with Gasteiger partial charge in [0.15, 0.2) is 0 Å². The Hall–Kier alpha value is -0.260. The van der Waals surface area contributed by atoms with Crippen molar-refractivity contribution in [2.45, 2.75) is 37.8 Å². The van der Waals surface area contributed by atoms with E-state index >= 15 is 0 Å². The summed E-state index contributed by atoms with van der Waals surface area (Å²) in [6, 6.07) is -0.415. The molecular formula is C11H22N2O2S. The van der Waals surface area contributed by atoms with Gasteiger partial charge in [-0.15, -0.1) is 0 Å². The molecule has 0 aromatic rings. The Kier molecular flexibility index (Phi) is 5.08. The van der Waals surface area contributed by atoms with Gasteiger partial charge in [0.2, 0.25) is 5.91 Å². The van der Waals surface area contributed by atoms with Gasteiger partial charge in [0.25, 0.3) is 0 Å². The van der Waals surface area contributed by atoms with Gasteiger partial charge < -0.3 is 15.7 Å². The number of nitrogens with zero attached hydrogens (tertiary/aromatic N) is 1.